The van der Waals surface area contributed by atoms with Gasteiger partial charge in [-0.25, -0.2) is 0 Å². The molecule has 0 nitrogen and oxygen atoms in total. The molecule has 1 aromatic carbocycles. The second-order valence-corrected chi connectivity index (χ2v) is 3.05. The summed E-state index contributed by atoms with van der Waals surface area (Å²) in [5.41, 5.74) is 2.45. The number of hydrogen-bond acceptors (Lipinski definition) is 0. The van der Waals surface area contributed by atoms with Gasteiger partial charge in [0.2, 0.25) is 0 Å². The molecule has 0 spiro atoms. The minimum atomic E-state index is 1.07. The maximum Gasteiger partial charge on any atom is -0.0158 e. The first-order valence-electron chi connectivity index (χ1n) is 4.04. The van der Waals surface area contributed by atoms with Crippen molar-refractivity contribution in [2.24, 2.45) is 0 Å². The number of benzene rings is 1. The second-order valence-electron chi connectivity index (χ2n) is 3.05. The molecule has 0 aliphatic carbocycles. The van der Waals surface area contributed by atoms with E-state index < -0.39 is 0 Å². The molecule has 0 heterocycles. The van der Waals surface area contributed by atoms with Gasteiger partial charge >= 0.3 is 0 Å². The summed E-state index contributed by atoms with van der Waals surface area (Å²) >= 11 is 0. The van der Waals surface area contributed by atoms with Crippen LogP contribution in [0.15, 0.2) is 30.9 Å². The average molecular weight is 158 g/mol. The minimum absolute atomic E-state index is 1.07. The maximum absolute atomic E-state index is 3.96. The Kier molecular flexibility index (Phi) is 2.49. The van der Waals surface area contributed by atoms with E-state index in [4.69, 9.17) is 0 Å². The molecule has 0 saturated heterocycles. The minimum Gasteiger partial charge on any atom is -0.0988 e. The Bertz CT molecular complexity index is 397. The van der Waals surface area contributed by atoms with E-state index in [1.807, 2.05) is 12.1 Å². The van der Waals surface area contributed by atoms with Crippen LogP contribution in [-0.2, 0) is 0 Å². The normalized spacial score (nSPS) is 12.5. The summed E-state index contributed by atoms with van der Waals surface area (Å²) in [6.07, 6.45) is 1.86. The van der Waals surface area contributed by atoms with Gasteiger partial charge in [-0.15, -0.1) is 0 Å². The fourth-order valence-electron chi connectivity index (χ4n) is 1.17. The molecule has 1 rings (SSSR count). The fraction of sp³-hybridized carbons (Fsp3) is 0.167. The average Bonchev–Trinajstić information content (AvgIpc) is 2.08. The third-order valence-corrected chi connectivity index (χ3v) is 2.00. The molecule has 12 heavy (non-hydrogen) atoms. The third-order valence-electron chi connectivity index (χ3n) is 2.00. The van der Waals surface area contributed by atoms with Crippen LogP contribution < -0.4 is 10.4 Å². The SMILES string of the molecule is C=C/C(C)=c1\cc(C)ccc1=C. The van der Waals surface area contributed by atoms with Crippen molar-refractivity contribution in [2.75, 3.05) is 0 Å². The molecular weight excluding hydrogens is 144 g/mol. The highest BCUT2D eigenvalue weighted by Gasteiger charge is 1.88. The van der Waals surface area contributed by atoms with Crippen molar-refractivity contribution in [1.82, 2.24) is 0 Å². The Balaban J connectivity index is 3.63. The van der Waals surface area contributed by atoms with Crippen LogP contribution in [0.2, 0.25) is 0 Å². The van der Waals surface area contributed by atoms with Crippen molar-refractivity contribution >= 4 is 12.2 Å². The quantitative estimate of drug-likeness (QED) is 0.584. The van der Waals surface area contributed by atoms with E-state index in [1.165, 1.54) is 16.4 Å². The van der Waals surface area contributed by atoms with Gasteiger partial charge in [0, 0.05) is 0 Å². The maximum atomic E-state index is 3.96. The Morgan fingerprint density at radius 1 is 1.42 bits per heavy atom. The number of rotatable bonds is 1. The summed E-state index contributed by atoms with van der Waals surface area (Å²) in [5.74, 6) is 0. The van der Waals surface area contributed by atoms with Crippen LogP contribution in [0.1, 0.15) is 12.5 Å². The Labute approximate surface area is 73.6 Å². The lowest BCUT2D eigenvalue weighted by molar-refractivity contribution is 1.39. The Hall–Kier alpha value is -1.30. The first-order chi connectivity index (χ1) is 5.65. The predicted molar refractivity (Wildman–Crippen MR) is 55.2 cm³/mol. The van der Waals surface area contributed by atoms with Crippen molar-refractivity contribution in [3.05, 3.63) is 46.9 Å². The van der Waals surface area contributed by atoms with E-state index in [9.17, 15) is 0 Å². The van der Waals surface area contributed by atoms with Crippen molar-refractivity contribution in [3.63, 3.8) is 0 Å². The summed E-state index contributed by atoms with van der Waals surface area (Å²) in [5, 5.41) is 2.27. The van der Waals surface area contributed by atoms with E-state index in [-0.39, 0.29) is 0 Å². The Morgan fingerprint density at radius 3 is 2.67 bits per heavy atom. The van der Waals surface area contributed by atoms with Gasteiger partial charge in [-0.05, 0) is 29.9 Å². The van der Waals surface area contributed by atoms with Crippen LogP contribution in [0.3, 0.4) is 0 Å². The van der Waals surface area contributed by atoms with Crippen molar-refractivity contribution < 1.29 is 0 Å². The van der Waals surface area contributed by atoms with Gasteiger partial charge in [-0.3, -0.25) is 0 Å². The van der Waals surface area contributed by atoms with Gasteiger partial charge in [0.1, 0.15) is 0 Å². The lowest BCUT2D eigenvalue weighted by Gasteiger charge is -1.95. The molecule has 0 aliphatic heterocycles. The van der Waals surface area contributed by atoms with Gasteiger partial charge in [0.05, 0.1) is 0 Å². The van der Waals surface area contributed by atoms with E-state index in [0.29, 0.717) is 0 Å². The molecule has 62 valence electrons. The summed E-state index contributed by atoms with van der Waals surface area (Å²) in [4.78, 5) is 0. The molecule has 1 aromatic rings. The monoisotopic (exact) mass is 158 g/mol. The van der Waals surface area contributed by atoms with Gasteiger partial charge in [-0.1, -0.05) is 43.0 Å². The lowest BCUT2D eigenvalue weighted by Crippen LogP contribution is -2.24. The largest absolute Gasteiger partial charge is 0.0988 e. The van der Waals surface area contributed by atoms with Gasteiger partial charge in [-0.2, -0.15) is 0 Å². The zero-order valence-electron chi connectivity index (χ0n) is 7.72. The van der Waals surface area contributed by atoms with Crippen LogP contribution >= 0.6 is 0 Å². The third kappa shape index (κ3) is 1.65. The van der Waals surface area contributed by atoms with Crippen LogP contribution in [0.25, 0.3) is 12.2 Å². The molecule has 0 atom stereocenters. The standard InChI is InChI=1S/C12H14/c1-5-10(3)12-8-9(2)6-7-11(12)4/h5-8H,1,4H2,2-3H3/b12-10+. The van der Waals surface area contributed by atoms with Gasteiger partial charge in [0.15, 0.2) is 0 Å². The summed E-state index contributed by atoms with van der Waals surface area (Å²) in [7, 11) is 0. The molecular formula is C12H14. The van der Waals surface area contributed by atoms with Crippen molar-refractivity contribution in [2.45, 2.75) is 13.8 Å². The summed E-state index contributed by atoms with van der Waals surface area (Å²) in [6.45, 7) is 11.8. The molecule has 0 amide bonds. The summed E-state index contributed by atoms with van der Waals surface area (Å²) < 4.78 is 0. The topological polar surface area (TPSA) is 0 Å². The van der Waals surface area contributed by atoms with Crippen molar-refractivity contribution in [1.29, 1.82) is 0 Å². The number of allylic oxidation sites excluding steroid dienone is 1. The highest BCUT2D eigenvalue weighted by atomic mass is 13.9. The van der Waals surface area contributed by atoms with E-state index in [0.717, 1.165) is 5.22 Å². The Morgan fingerprint density at radius 2 is 2.08 bits per heavy atom. The zero-order chi connectivity index (χ0) is 9.14. The van der Waals surface area contributed by atoms with Gasteiger partial charge < -0.3 is 0 Å². The highest BCUT2D eigenvalue weighted by molar-refractivity contribution is 5.53. The fourth-order valence-corrected chi connectivity index (χ4v) is 1.17. The molecule has 0 fully saturated rings. The molecule has 0 heteroatoms. The lowest BCUT2D eigenvalue weighted by atomic mass is 10.1. The molecule has 0 aromatic heterocycles. The predicted octanol–water partition coefficient (Wildman–Crippen LogP) is 1.76. The number of hydrogen-bond donors (Lipinski definition) is 0. The molecule has 0 aliphatic rings. The van der Waals surface area contributed by atoms with Crippen LogP contribution in [0, 0.1) is 6.92 Å². The van der Waals surface area contributed by atoms with Crippen LogP contribution in [-0.4, -0.2) is 0 Å². The van der Waals surface area contributed by atoms with E-state index in [2.05, 4.69) is 39.1 Å². The first kappa shape index (κ1) is 8.79. The molecule has 0 bridgehead atoms. The second kappa shape index (κ2) is 3.40. The number of aryl methyl sites for hydroxylation is 1. The van der Waals surface area contributed by atoms with Crippen molar-refractivity contribution in [3.8, 4) is 0 Å². The highest BCUT2D eigenvalue weighted by Crippen LogP contribution is 1.91. The summed E-state index contributed by atoms with van der Waals surface area (Å²) in [6, 6.07) is 6.25. The molecule has 0 N–H and O–H groups in total. The molecule has 0 radical (unpaired) electrons. The van der Waals surface area contributed by atoms with Crippen LogP contribution in [0.5, 0.6) is 0 Å². The van der Waals surface area contributed by atoms with Crippen LogP contribution in [0.4, 0.5) is 0 Å². The first-order valence-corrected chi connectivity index (χ1v) is 4.04. The zero-order valence-corrected chi connectivity index (χ0v) is 7.72. The smallest absolute Gasteiger partial charge is 0.0158 e. The molecule has 0 saturated carbocycles. The van der Waals surface area contributed by atoms with E-state index in [1.54, 1.807) is 0 Å². The molecule has 0 unspecified atom stereocenters. The van der Waals surface area contributed by atoms with Gasteiger partial charge in [0.25, 0.3) is 0 Å². The van der Waals surface area contributed by atoms with E-state index >= 15 is 0 Å².